The van der Waals surface area contributed by atoms with Crippen LogP contribution in [0.15, 0.2) is 29.0 Å². The standard InChI is InChI=1S/C17H16N2OS3/c1-10-15(23-16(18-10)14-4-3-8-21-14)17(20)19-7-5-13-12(11(19)2)6-9-22-13/h3-4,6,8-9,11H,5,7H2,1-2H3. The molecule has 0 aromatic carbocycles. The van der Waals surface area contributed by atoms with Crippen LogP contribution in [0.3, 0.4) is 0 Å². The molecule has 4 heterocycles. The van der Waals surface area contributed by atoms with Crippen molar-refractivity contribution in [2.24, 2.45) is 0 Å². The molecule has 1 amide bonds. The summed E-state index contributed by atoms with van der Waals surface area (Å²) in [6.45, 7) is 4.85. The molecule has 0 saturated heterocycles. The number of fused-ring (bicyclic) bond motifs is 1. The third kappa shape index (κ3) is 2.55. The molecule has 3 nitrogen and oxygen atoms in total. The minimum atomic E-state index is 0.118. The maximum absolute atomic E-state index is 13.0. The Kier molecular flexibility index (Phi) is 3.83. The predicted octanol–water partition coefficient (Wildman–Crippen LogP) is 5.00. The molecule has 4 rings (SSSR count). The lowest BCUT2D eigenvalue weighted by Gasteiger charge is -2.33. The van der Waals surface area contributed by atoms with Crippen molar-refractivity contribution in [2.75, 3.05) is 6.54 Å². The van der Waals surface area contributed by atoms with E-state index in [1.54, 1.807) is 22.7 Å². The molecular weight excluding hydrogens is 344 g/mol. The maximum Gasteiger partial charge on any atom is 0.266 e. The van der Waals surface area contributed by atoms with E-state index in [0.29, 0.717) is 0 Å². The van der Waals surface area contributed by atoms with Gasteiger partial charge in [0.2, 0.25) is 0 Å². The maximum atomic E-state index is 13.0. The molecule has 23 heavy (non-hydrogen) atoms. The first-order valence-electron chi connectivity index (χ1n) is 7.53. The summed E-state index contributed by atoms with van der Waals surface area (Å²) < 4.78 is 0. The highest BCUT2D eigenvalue weighted by atomic mass is 32.1. The van der Waals surface area contributed by atoms with Gasteiger partial charge in [-0.15, -0.1) is 34.0 Å². The Morgan fingerprint density at radius 1 is 1.30 bits per heavy atom. The van der Waals surface area contributed by atoms with Crippen LogP contribution in [0.5, 0.6) is 0 Å². The molecule has 1 aliphatic heterocycles. The molecule has 0 fully saturated rings. The molecular formula is C17H16N2OS3. The number of thiazole rings is 1. The lowest BCUT2D eigenvalue weighted by molar-refractivity contribution is 0.0683. The van der Waals surface area contributed by atoms with Gasteiger partial charge < -0.3 is 4.90 Å². The first-order chi connectivity index (χ1) is 11.1. The van der Waals surface area contributed by atoms with Gasteiger partial charge >= 0.3 is 0 Å². The molecule has 0 aliphatic carbocycles. The zero-order chi connectivity index (χ0) is 16.0. The second kappa shape index (κ2) is 5.85. The van der Waals surface area contributed by atoms with Crippen LogP contribution >= 0.6 is 34.0 Å². The van der Waals surface area contributed by atoms with Gasteiger partial charge in [-0.1, -0.05) is 6.07 Å². The molecule has 1 aliphatic rings. The third-order valence-electron chi connectivity index (χ3n) is 4.26. The fraction of sp³-hybridized carbons (Fsp3) is 0.294. The summed E-state index contributed by atoms with van der Waals surface area (Å²) in [6.07, 6.45) is 0.957. The van der Waals surface area contributed by atoms with E-state index >= 15 is 0 Å². The Hall–Kier alpha value is -1.50. The Balaban J connectivity index is 1.65. The first-order valence-corrected chi connectivity index (χ1v) is 10.1. The number of thiophene rings is 2. The molecule has 0 saturated carbocycles. The van der Waals surface area contributed by atoms with Gasteiger partial charge in [0.15, 0.2) is 0 Å². The van der Waals surface area contributed by atoms with Gasteiger partial charge in [0.25, 0.3) is 5.91 Å². The number of aromatic nitrogens is 1. The number of carbonyl (C=O) groups excluding carboxylic acids is 1. The summed E-state index contributed by atoms with van der Waals surface area (Å²) in [7, 11) is 0. The van der Waals surface area contributed by atoms with Crippen molar-refractivity contribution in [2.45, 2.75) is 26.3 Å². The summed E-state index contributed by atoms with van der Waals surface area (Å²) in [5.41, 5.74) is 2.14. The van der Waals surface area contributed by atoms with Crippen LogP contribution in [-0.4, -0.2) is 22.3 Å². The number of carbonyl (C=O) groups is 1. The van der Waals surface area contributed by atoms with Gasteiger partial charge in [-0.2, -0.15) is 0 Å². The number of aryl methyl sites for hydroxylation is 1. The van der Waals surface area contributed by atoms with Crippen molar-refractivity contribution in [1.82, 2.24) is 9.88 Å². The van der Waals surface area contributed by atoms with Gasteiger partial charge in [0, 0.05) is 11.4 Å². The molecule has 1 unspecified atom stereocenters. The van der Waals surface area contributed by atoms with Crippen molar-refractivity contribution < 1.29 is 4.79 Å². The normalized spacial score (nSPS) is 17.3. The predicted molar refractivity (Wildman–Crippen MR) is 97.6 cm³/mol. The minimum absolute atomic E-state index is 0.118. The van der Waals surface area contributed by atoms with Crippen molar-refractivity contribution in [3.8, 4) is 9.88 Å². The van der Waals surface area contributed by atoms with Crippen LogP contribution in [0.1, 0.15) is 38.8 Å². The fourth-order valence-electron chi connectivity index (χ4n) is 3.02. The van der Waals surface area contributed by atoms with E-state index in [-0.39, 0.29) is 11.9 Å². The summed E-state index contributed by atoms with van der Waals surface area (Å²) in [6, 6.07) is 6.37. The smallest absolute Gasteiger partial charge is 0.266 e. The zero-order valence-electron chi connectivity index (χ0n) is 12.9. The highest BCUT2D eigenvalue weighted by Crippen LogP contribution is 2.36. The van der Waals surface area contributed by atoms with E-state index < -0.39 is 0 Å². The SMILES string of the molecule is Cc1nc(-c2cccs2)sc1C(=O)N1CCc2sccc2C1C. The number of hydrogen-bond acceptors (Lipinski definition) is 5. The molecule has 0 bridgehead atoms. The second-order valence-electron chi connectivity index (χ2n) is 5.63. The average molecular weight is 361 g/mol. The monoisotopic (exact) mass is 360 g/mol. The van der Waals surface area contributed by atoms with Gasteiger partial charge in [0.05, 0.1) is 16.6 Å². The highest BCUT2D eigenvalue weighted by molar-refractivity contribution is 7.22. The van der Waals surface area contributed by atoms with Crippen molar-refractivity contribution in [1.29, 1.82) is 0 Å². The number of amides is 1. The lowest BCUT2D eigenvalue weighted by atomic mass is 10.0. The van der Waals surface area contributed by atoms with Gasteiger partial charge in [-0.05, 0) is 48.7 Å². The summed E-state index contributed by atoms with van der Waals surface area (Å²) in [5, 5.41) is 5.11. The van der Waals surface area contributed by atoms with Crippen LogP contribution < -0.4 is 0 Å². The zero-order valence-corrected chi connectivity index (χ0v) is 15.4. The third-order valence-corrected chi connectivity index (χ3v) is 7.44. The lowest BCUT2D eigenvalue weighted by Crippen LogP contribution is -2.38. The molecule has 3 aromatic heterocycles. The number of hydrogen-bond donors (Lipinski definition) is 0. The van der Waals surface area contributed by atoms with E-state index in [1.807, 2.05) is 23.3 Å². The van der Waals surface area contributed by atoms with Crippen molar-refractivity contribution in [3.63, 3.8) is 0 Å². The Morgan fingerprint density at radius 3 is 2.96 bits per heavy atom. The summed E-state index contributed by atoms with van der Waals surface area (Å²) >= 11 is 4.98. The Labute approximate surface area is 147 Å². The topological polar surface area (TPSA) is 33.2 Å². The van der Waals surface area contributed by atoms with Gasteiger partial charge in [0.1, 0.15) is 9.88 Å². The summed E-state index contributed by atoms with van der Waals surface area (Å²) in [5.74, 6) is 0.118. The minimum Gasteiger partial charge on any atom is -0.331 e. The Bertz CT molecular complexity index is 847. The van der Waals surface area contributed by atoms with Gasteiger partial charge in [-0.25, -0.2) is 4.98 Å². The van der Waals surface area contributed by atoms with Crippen molar-refractivity contribution >= 4 is 39.9 Å². The van der Waals surface area contributed by atoms with E-state index in [0.717, 1.165) is 33.4 Å². The molecule has 118 valence electrons. The second-order valence-corrected chi connectivity index (χ2v) is 8.58. The van der Waals surface area contributed by atoms with Crippen LogP contribution in [0.2, 0.25) is 0 Å². The van der Waals surface area contributed by atoms with Crippen LogP contribution in [0.25, 0.3) is 9.88 Å². The van der Waals surface area contributed by atoms with E-state index in [2.05, 4.69) is 29.4 Å². The van der Waals surface area contributed by atoms with E-state index in [4.69, 9.17) is 0 Å². The molecule has 0 spiro atoms. The summed E-state index contributed by atoms with van der Waals surface area (Å²) in [4.78, 5) is 23.0. The molecule has 0 N–H and O–H groups in total. The van der Waals surface area contributed by atoms with Crippen LogP contribution in [0, 0.1) is 6.92 Å². The molecule has 3 aromatic rings. The van der Waals surface area contributed by atoms with Crippen molar-refractivity contribution in [3.05, 3.63) is 50.0 Å². The first kappa shape index (κ1) is 15.1. The quantitative estimate of drug-likeness (QED) is 0.644. The van der Waals surface area contributed by atoms with Crippen LogP contribution in [0.4, 0.5) is 0 Å². The Morgan fingerprint density at radius 2 is 2.17 bits per heavy atom. The molecule has 6 heteroatoms. The number of rotatable bonds is 2. The fourth-order valence-corrected chi connectivity index (χ4v) is 5.80. The van der Waals surface area contributed by atoms with Crippen LogP contribution in [-0.2, 0) is 6.42 Å². The van der Waals surface area contributed by atoms with Gasteiger partial charge in [-0.3, -0.25) is 4.79 Å². The largest absolute Gasteiger partial charge is 0.331 e. The molecule has 1 atom stereocenters. The highest BCUT2D eigenvalue weighted by Gasteiger charge is 2.31. The molecule has 0 radical (unpaired) electrons. The average Bonchev–Trinajstić information content (AvgIpc) is 3.27. The number of nitrogens with zero attached hydrogens (tertiary/aromatic N) is 2. The van der Waals surface area contributed by atoms with E-state index in [1.165, 1.54) is 21.8 Å². The van der Waals surface area contributed by atoms with E-state index in [9.17, 15) is 4.79 Å².